The van der Waals surface area contributed by atoms with Crippen LogP contribution in [0.1, 0.15) is 65.2 Å². The predicted molar refractivity (Wildman–Crippen MR) is 81.4 cm³/mol. The minimum atomic E-state index is -0.297. The van der Waals surface area contributed by atoms with Gasteiger partial charge in [-0.15, -0.1) is 6.58 Å². The maximum atomic E-state index is 11.6. The summed E-state index contributed by atoms with van der Waals surface area (Å²) in [7, 11) is 0. The monoisotopic (exact) mass is 283 g/mol. The summed E-state index contributed by atoms with van der Waals surface area (Å²) in [5, 5.41) is 2.81. The second-order valence-corrected chi connectivity index (χ2v) is 5.02. The topological polar surface area (TPSA) is 55.4 Å². The normalized spacial score (nSPS) is 11.7. The van der Waals surface area contributed by atoms with E-state index >= 15 is 0 Å². The number of unbranched alkanes of at least 4 members (excludes halogenated alkanes) is 4. The molecule has 0 spiro atoms. The molecule has 0 heterocycles. The van der Waals surface area contributed by atoms with Gasteiger partial charge in [0, 0.05) is 12.5 Å². The van der Waals surface area contributed by atoms with E-state index in [0.29, 0.717) is 6.42 Å². The van der Waals surface area contributed by atoms with Gasteiger partial charge in [-0.05, 0) is 12.8 Å². The van der Waals surface area contributed by atoms with E-state index in [-0.39, 0.29) is 24.5 Å². The van der Waals surface area contributed by atoms with Crippen LogP contribution in [0.25, 0.3) is 0 Å². The Labute approximate surface area is 123 Å². The first kappa shape index (κ1) is 18.7. The lowest BCUT2D eigenvalue weighted by Gasteiger charge is -2.14. The molecule has 116 valence electrons. The molecule has 4 heteroatoms. The Morgan fingerprint density at radius 2 is 1.80 bits per heavy atom. The molecule has 0 aromatic carbocycles. The Morgan fingerprint density at radius 1 is 1.15 bits per heavy atom. The Hall–Kier alpha value is -1.32. The van der Waals surface area contributed by atoms with E-state index < -0.39 is 0 Å². The zero-order chi connectivity index (χ0) is 15.2. The molecule has 0 aliphatic rings. The summed E-state index contributed by atoms with van der Waals surface area (Å²) in [6.45, 7) is 7.74. The van der Waals surface area contributed by atoms with E-state index in [2.05, 4.69) is 25.7 Å². The Bertz CT molecular complexity index is 289. The average Bonchev–Trinajstić information content (AvgIpc) is 2.44. The van der Waals surface area contributed by atoms with Gasteiger partial charge in [0.25, 0.3) is 5.91 Å². The van der Waals surface area contributed by atoms with Crippen LogP contribution in [0.3, 0.4) is 0 Å². The van der Waals surface area contributed by atoms with Crippen LogP contribution in [-0.4, -0.2) is 24.5 Å². The van der Waals surface area contributed by atoms with Crippen LogP contribution in [0, 0.1) is 0 Å². The molecule has 0 saturated carbocycles. The highest BCUT2D eigenvalue weighted by atomic mass is 16.5. The number of hydrogen-bond donors (Lipinski definition) is 1. The number of amides is 1. The zero-order valence-electron chi connectivity index (χ0n) is 13.0. The molecule has 0 unspecified atom stereocenters. The highest BCUT2D eigenvalue weighted by Crippen LogP contribution is 2.04. The fraction of sp³-hybridized carbons (Fsp3) is 0.750. The van der Waals surface area contributed by atoms with Crippen molar-refractivity contribution in [2.75, 3.05) is 6.61 Å². The van der Waals surface area contributed by atoms with Gasteiger partial charge in [0.1, 0.15) is 0 Å². The first-order chi connectivity index (χ1) is 9.63. The number of ether oxygens (including phenoxy) is 1. The summed E-state index contributed by atoms with van der Waals surface area (Å²) in [6, 6.07) is -0.0344. The molecule has 0 saturated heterocycles. The molecule has 1 atom stereocenters. The van der Waals surface area contributed by atoms with E-state index in [1.165, 1.54) is 0 Å². The fourth-order valence-electron chi connectivity index (χ4n) is 1.85. The van der Waals surface area contributed by atoms with Crippen molar-refractivity contribution in [3.8, 4) is 0 Å². The molecule has 0 rings (SSSR count). The van der Waals surface area contributed by atoms with E-state index in [9.17, 15) is 9.59 Å². The molecule has 1 amide bonds. The van der Waals surface area contributed by atoms with Gasteiger partial charge < -0.3 is 10.1 Å². The van der Waals surface area contributed by atoms with E-state index in [4.69, 9.17) is 4.74 Å². The molecule has 20 heavy (non-hydrogen) atoms. The first-order valence-corrected chi connectivity index (χ1v) is 7.71. The molecular weight excluding hydrogens is 254 g/mol. The number of carbonyl (C=O) groups excluding carboxylic acids is 2. The van der Waals surface area contributed by atoms with Crippen molar-refractivity contribution in [3.05, 3.63) is 12.7 Å². The van der Waals surface area contributed by atoms with Crippen molar-refractivity contribution in [2.45, 2.75) is 71.3 Å². The molecule has 4 nitrogen and oxygen atoms in total. The average molecular weight is 283 g/mol. The van der Waals surface area contributed by atoms with Crippen LogP contribution in [0.5, 0.6) is 0 Å². The van der Waals surface area contributed by atoms with Gasteiger partial charge in [-0.1, -0.05) is 52.0 Å². The van der Waals surface area contributed by atoms with Crippen LogP contribution in [-0.2, 0) is 14.3 Å². The molecule has 0 aromatic heterocycles. The number of rotatable bonds is 12. The summed E-state index contributed by atoms with van der Waals surface area (Å²) < 4.78 is 4.94. The van der Waals surface area contributed by atoms with Crippen LogP contribution in [0.4, 0.5) is 0 Å². The highest BCUT2D eigenvalue weighted by molar-refractivity contribution is 5.80. The maximum absolute atomic E-state index is 11.6. The first-order valence-electron chi connectivity index (χ1n) is 7.71. The fourth-order valence-corrected chi connectivity index (χ4v) is 1.85. The number of hydrogen-bond acceptors (Lipinski definition) is 3. The van der Waals surface area contributed by atoms with E-state index in [1.54, 1.807) is 6.08 Å². The lowest BCUT2D eigenvalue weighted by atomic mass is 10.1. The standard InChI is InChI=1S/C16H29NO3/c1-4-7-9-11-14(6-3)17-15(18)13-20-16(19)12-10-8-5-2/h6,14H,3-5,7-13H2,1-2H3,(H,17,18)/t14-/m0/s1. The number of nitrogens with one attached hydrogen (secondary N) is 1. The van der Waals surface area contributed by atoms with E-state index in [1.807, 2.05) is 0 Å². The Kier molecular flexibility index (Phi) is 11.9. The minimum absolute atomic E-state index is 0.0344. The van der Waals surface area contributed by atoms with Crippen LogP contribution in [0.15, 0.2) is 12.7 Å². The molecular formula is C16H29NO3. The van der Waals surface area contributed by atoms with Crippen molar-refractivity contribution in [2.24, 2.45) is 0 Å². The lowest BCUT2D eigenvalue weighted by molar-refractivity contribution is -0.148. The molecule has 0 fully saturated rings. The third-order valence-electron chi connectivity index (χ3n) is 3.10. The van der Waals surface area contributed by atoms with Crippen molar-refractivity contribution in [1.29, 1.82) is 0 Å². The molecule has 0 aromatic rings. The quantitative estimate of drug-likeness (QED) is 0.339. The second kappa shape index (κ2) is 12.7. The summed E-state index contributed by atoms with van der Waals surface area (Å²) in [4.78, 5) is 23.0. The van der Waals surface area contributed by atoms with Crippen molar-refractivity contribution in [1.82, 2.24) is 5.32 Å². The van der Waals surface area contributed by atoms with Crippen LogP contribution < -0.4 is 5.32 Å². The molecule has 0 aliphatic carbocycles. The van der Waals surface area contributed by atoms with Gasteiger partial charge >= 0.3 is 5.97 Å². The third kappa shape index (κ3) is 10.6. The van der Waals surface area contributed by atoms with Gasteiger partial charge in [0.15, 0.2) is 6.61 Å². The van der Waals surface area contributed by atoms with E-state index in [0.717, 1.165) is 44.9 Å². The summed E-state index contributed by atoms with van der Waals surface area (Å²) in [6.07, 6.45) is 9.25. The summed E-state index contributed by atoms with van der Waals surface area (Å²) in [5.74, 6) is -0.551. The summed E-state index contributed by atoms with van der Waals surface area (Å²) >= 11 is 0. The van der Waals surface area contributed by atoms with Gasteiger partial charge in [-0.25, -0.2) is 0 Å². The lowest BCUT2D eigenvalue weighted by Crippen LogP contribution is -2.36. The molecule has 0 radical (unpaired) electrons. The van der Waals surface area contributed by atoms with Gasteiger partial charge in [0.2, 0.25) is 0 Å². The molecule has 1 N–H and O–H groups in total. The van der Waals surface area contributed by atoms with Gasteiger partial charge in [-0.2, -0.15) is 0 Å². The van der Waals surface area contributed by atoms with Gasteiger partial charge in [0.05, 0.1) is 0 Å². The van der Waals surface area contributed by atoms with Crippen molar-refractivity contribution >= 4 is 11.9 Å². The maximum Gasteiger partial charge on any atom is 0.306 e. The Balaban J connectivity index is 3.78. The predicted octanol–water partition coefficient (Wildman–Crippen LogP) is 3.36. The zero-order valence-corrected chi connectivity index (χ0v) is 13.0. The van der Waals surface area contributed by atoms with Crippen molar-refractivity contribution < 1.29 is 14.3 Å². The smallest absolute Gasteiger partial charge is 0.306 e. The SMILES string of the molecule is C=C[C@@H](CCCCC)NC(=O)COC(=O)CCCCC. The molecule has 0 bridgehead atoms. The van der Waals surface area contributed by atoms with Crippen LogP contribution in [0.2, 0.25) is 0 Å². The third-order valence-corrected chi connectivity index (χ3v) is 3.10. The van der Waals surface area contributed by atoms with Crippen LogP contribution >= 0.6 is 0 Å². The largest absolute Gasteiger partial charge is 0.456 e. The van der Waals surface area contributed by atoms with Gasteiger partial charge in [-0.3, -0.25) is 9.59 Å². The summed E-state index contributed by atoms with van der Waals surface area (Å²) in [5.41, 5.74) is 0. The highest BCUT2D eigenvalue weighted by Gasteiger charge is 2.11. The minimum Gasteiger partial charge on any atom is -0.456 e. The van der Waals surface area contributed by atoms with Crippen molar-refractivity contribution in [3.63, 3.8) is 0 Å². The second-order valence-electron chi connectivity index (χ2n) is 5.02. The Morgan fingerprint density at radius 3 is 2.40 bits per heavy atom. The number of carbonyl (C=O) groups is 2. The number of esters is 1. The molecule has 0 aliphatic heterocycles.